The van der Waals surface area contributed by atoms with Gasteiger partial charge >= 0.3 is 11.9 Å². The number of hydrogen-bond acceptors (Lipinski definition) is 8. The summed E-state index contributed by atoms with van der Waals surface area (Å²) in [6.45, 7) is 5.64. The van der Waals surface area contributed by atoms with Gasteiger partial charge in [-0.2, -0.15) is 0 Å². The predicted octanol–water partition coefficient (Wildman–Crippen LogP) is 4.27. The van der Waals surface area contributed by atoms with E-state index in [0.717, 1.165) is 0 Å². The maximum Gasteiger partial charge on any atom is 0.344 e. The van der Waals surface area contributed by atoms with Crippen molar-refractivity contribution in [1.29, 1.82) is 0 Å². The summed E-state index contributed by atoms with van der Waals surface area (Å²) in [5.41, 5.74) is 1.86. The highest BCUT2D eigenvalue weighted by molar-refractivity contribution is 8.18. The first-order valence-electron chi connectivity index (χ1n) is 10.9. The SMILES string of the molecule is CCOC(=O)COc1ccc(/C=C2\SC(=Nc3cccc(C(=O)O)c3C)N(C)C2=O)cc1OCC. The fraction of sp³-hybridized carbons (Fsp3) is 0.280. The Morgan fingerprint density at radius 1 is 1.11 bits per heavy atom. The van der Waals surface area contributed by atoms with Crippen molar-refractivity contribution < 1.29 is 33.7 Å². The zero-order valence-electron chi connectivity index (χ0n) is 19.9. The highest BCUT2D eigenvalue weighted by atomic mass is 32.2. The molecular weight excluding hydrogens is 472 g/mol. The standard InChI is InChI=1S/C25H26N2O7S/c1-5-32-20-12-16(10-11-19(20)34-14-22(28)33-6-2)13-21-23(29)27(4)25(35-21)26-18-9-7-8-17(15(18)3)24(30)31/h7-13H,5-6,14H2,1-4H3,(H,30,31)/b21-13-,26-25?. The highest BCUT2D eigenvalue weighted by Crippen LogP contribution is 2.36. The van der Waals surface area contributed by atoms with Crippen LogP contribution in [-0.4, -0.2) is 59.9 Å². The highest BCUT2D eigenvalue weighted by Gasteiger charge is 2.30. The average Bonchev–Trinajstić information content (AvgIpc) is 3.07. The number of amidine groups is 1. The molecule has 10 heteroatoms. The molecule has 1 N–H and O–H groups in total. The van der Waals surface area contributed by atoms with Crippen molar-refractivity contribution >= 4 is 46.5 Å². The first-order chi connectivity index (χ1) is 16.7. The largest absolute Gasteiger partial charge is 0.490 e. The normalized spacial score (nSPS) is 15.5. The Labute approximate surface area is 207 Å². The van der Waals surface area contributed by atoms with Crippen LogP contribution in [0, 0.1) is 6.92 Å². The number of esters is 1. The van der Waals surface area contributed by atoms with Crippen LogP contribution in [0.25, 0.3) is 6.08 Å². The van der Waals surface area contributed by atoms with E-state index in [9.17, 15) is 19.5 Å². The van der Waals surface area contributed by atoms with Crippen molar-refractivity contribution in [3.8, 4) is 11.5 Å². The number of aliphatic imine (C=N–C) groups is 1. The molecule has 0 spiro atoms. The third kappa shape index (κ3) is 6.21. The van der Waals surface area contributed by atoms with Gasteiger partial charge in [-0.05, 0) is 74.0 Å². The monoisotopic (exact) mass is 498 g/mol. The van der Waals surface area contributed by atoms with Gasteiger partial charge in [0.15, 0.2) is 23.3 Å². The average molecular weight is 499 g/mol. The molecule has 0 radical (unpaired) electrons. The topological polar surface area (TPSA) is 115 Å². The second kappa shape index (κ2) is 11.6. The van der Waals surface area contributed by atoms with Crippen molar-refractivity contribution in [2.24, 2.45) is 4.99 Å². The number of ether oxygens (including phenoxy) is 3. The van der Waals surface area contributed by atoms with Crippen molar-refractivity contribution in [1.82, 2.24) is 4.90 Å². The fourth-order valence-electron chi connectivity index (χ4n) is 3.22. The molecule has 0 atom stereocenters. The number of carbonyl (C=O) groups is 3. The molecular formula is C25H26N2O7S. The number of carboxylic acid groups (broad SMARTS) is 1. The first-order valence-corrected chi connectivity index (χ1v) is 11.7. The van der Waals surface area contributed by atoms with Crippen LogP contribution in [0.1, 0.15) is 35.3 Å². The van der Waals surface area contributed by atoms with E-state index in [0.29, 0.717) is 45.0 Å². The molecule has 1 fully saturated rings. The van der Waals surface area contributed by atoms with Gasteiger partial charge in [0.1, 0.15) is 0 Å². The summed E-state index contributed by atoms with van der Waals surface area (Å²) in [5, 5.41) is 9.78. The molecule has 2 aromatic carbocycles. The number of carboxylic acids is 1. The number of nitrogens with zero attached hydrogens (tertiary/aromatic N) is 2. The van der Waals surface area contributed by atoms with E-state index >= 15 is 0 Å². The van der Waals surface area contributed by atoms with Crippen LogP contribution in [0.5, 0.6) is 11.5 Å². The smallest absolute Gasteiger partial charge is 0.344 e. The lowest BCUT2D eigenvalue weighted by atomic mass is 10.1. The number of carbonyl (C=O) groups excluding carboxylic acids is 2. The van der Waals surface area contributed by atoms with E-state index in [-0.39, 0.29) is 24.7 Å². The summed E-state index contributed by atoms with van der Waals surface area (Å²) < 4.78 is 16.0. The van der Waals surface area contributed by atoms with E-state index in [1.807, 2.05) is 6.92 Å². The molecule has 0 saturated carbocycles. The maximum absolute atomic E-state index is 12.8. The molecule has 1 amide bonds. The van der Waals surface area contributed by atoms with E-state index in [2.05, 4.69) is 4.99 Å². The molecule has 1 aliphatic heterocycles. The van der Waals surface area contributed by atoms with Gasteiger partial charge in [0.25, 0.3) is 5.91 Å². The molecule has 2 aromatic rings. The third-order valence-corrected chi connectivity index (χ3v) is 6.03. The van der Waals surface area contributed by atoms with Crippen LogP contribution in [0.15, 0.2) is 46.3 Å². The molecule has 0 unspecified atom stereocenters. The van der Waals surface area contributed by atoms with Crippen molar-refractivity contribution in [3.05, 3.63) is 58.0 Å². The van der Waals surface area contributed by atoms with Crippen LogP contribution in [0.2, 0.25) is 0 Å². The van der Waals surface area contributed by atoms with Crippen molar-refractivity contribution in [2.45, 2.75) is 20.8 Å². The van der Waals surface area contributed by atoms with Gasteiger partial charge in [0.05, 0.1) is 29.4 Å². The van der Waals surface area contributed by atoms with E-state index in [4.69, 9.17) is 14.2 Å². The van der Waals surface area contributed by atoms with Crippen LogP contribution in [0.3, 0.4) is 0 Å². The number of amides is 1. The summed E-state index contributed by atoms with van der Waals surface area (Å²) in [5.74, 6) is -0.923. The van der Waals surface area contributed by atoms with E-state index < -0.39 is 11.9 Å². The van der Waals surface area contributed by atoms with Gasteiger partial charge < -0.3 is 19.3 Å². The second-order valence-electron chi connectivity index (χ2n) is 7.36. The Morgan fingerprint density at radius 2 is 1.89 bits per heavy atom. The number of likely N-dealkylation sites (N-methyl/N-ethyl adjacent to an activating group) is 1. The number of benzene rings is 2. The molecule has 3 rings (SSSR count). The molecule has 9 nitrogen and oxygen atoms in total. The maximum atomic E-state index is 12.8. The molecule has 1 saturated heterocycles. The number of hydrogen-bond donors (Lipinski definition) is 1. The summed E-state index contributed by atoms with van der Waals surface area (Å²) in [6, 6.07) is 9.98. The summed E-state index contributed by atoms with van der Waals surface area (Å²) >= 11 is 1.19. The number of rotatable bonds is 9. The van der Waals surface area contributed by atoms with Gasteiger partial charge in [-0.3, -0.25) is 9.69 Å². The lowest BCUT2D eigenvalue weighted by Crippen LogP contribution is -2.23. The molecule has 0 aromatic heterocycles. The minimum atomic E-state index is -1.03. The molecule has 184 valence electrons. The molecule has 0 aliphatic carbocycles. The van der Waals surface area contributed by atoms with Gasteiger partial charge in [0, 0.05) is 7.05 Å². The summed E-state index contributed by atoms with van der Waals surface area (Å²) in [6.07, 6.45) is 1.71. The van der Waals surface area contributed by atoms with Gasteiger partial charge in [-0.1, -0.05) is 12.1 Å². The fourth-order valence-corrected chi connectivity index (χ4v) is 4.20. The summed E-state index contributed by atoms with van der Waals surface area (Å²) in [7, 11) is 1.61. The minimum absolute atomic E-state index is 0.160. The number of aromatic carboxylic acids is 1. The molecule has 0 bridgehead atoms. The lowest BCUT2D eigenvalue weighted by molar-refractivity contribution is -0.145. The summed E-state index contributed by atoms with van der Waals surface area (Å²) in [4.78, 5) is 42.3. The first kappa shape index (κ1) is 25.8. The van der Waals surface area contributed by atoms with Gasteiger partial charge in [-0.25, -0.2) is 14.6 Å². The van der Waals surface area contributed by atoms with Crippen LogP contribution in [-0.2, 0) is 14.3 Å². The number of thioether (sulfide) groups is 1. The van der Waals surface area contributed by atoms with Crippen LogP contribution in [0.4, 0.5) is 5.69 Å². The third-order valence-electron chi connectivity index (χ3n) is 4.97. The van der Waals surface area contributed by atoms with E-state index in [1.54, 1.807) is 57.3 Å². The van der Waals surface area contributed by atoms with Crippen LogP contribution >= 0.6 is 11.8 Å². The van der Waals surface area contributed by atoms with E-state index in [1.165, 1.54) is 22.7 Å². The Bertz CT molecular complexity index is 1210. The zero-order valence-corrected chi connectivity index (χ0v) is 20.7. The van der Waals surface area contributed by atoms with Crippen LogP contribution < -0.4 is 9.47 Å². The molecule has 35 heavy (non-hydrogen) atoms. The molecule has 1 heterocycles. The lowest BCUT2D eigenvalue weighted by Gasteiger charge is -2.12. The molecule has 1 aliphatic rings. The second-order valence-corrected chi connectivity index (χ2v) is 8.37. The van der Waals surface area contributed by atoms with Gasteiger partial charge in [-0.15, -0.1) is 0 Å². The zero-order chi connectivity index (χ0) is 25.5. The predicted molar refractivity (Wildman–Crippen MR) is 133 cm³/mol. The Balaban J connectivity index is 1.86. The Hall–Kier alpha value is -3.79. The van der Waals surface area contributed by atoms with Crippen molar-refractivity contribution in [3.63, 3.8) is 0 Å². The van der Waals surface area contributed by atoms with Crippen molar-refractivity contribution in [2.75, 3.05) is 26.9 Å². The minimum Gasteiger partial charge on any atom is -0.490 e. The Kier molecular flexibility index (Phi) is 8.53. The quantitative estimate of drug-likeness (QED) is 0.403. The van der Waals surface area contributed by atoms with Gasteiger partial charge in [0.2, 0.25) is 0 Å². The Morgan fingerprint density at radius 3 is 2.57 bits per heavy atom.